The molecule has 0 saturated carbocycles. The van der Waals surface area contributed by atoms with Crippen molar-refractivity contribution >= 4 is 11.0 Å². The maximum atomic E-state index is 5.91. The van der Waals surface area contributed by atoms with Crippen molar-refractivity contribution in [1.82, 2.24) is 14.5 Å². The van der Waals surface area contributed by atoms with Crippen molar-refractivity contribution in [2.45, 2.75) is 12.5 Å². The van der Waals surface area contributed by atoms with Crippen molar-refractivity contribution in [2.24, 2.45) is 12.8 Å². The van der Waals surface area contributed by atoms with Gasteiger partial charge < -0.3 is 15.0 Å². The van der Waals surface area contributed by atoms with Crippen LogP contribution in [-0.2, 0) is 18.2 Å². The van der Waals surface area contributed by atoms with Crippen molar-refractivity contribution in [3.8, 4) is 0 Å². The van der Waals surface area contributed by atoms with Gasteiger partial charge in [0.1, 0.15) is 11.3 Å². The van der Waals surface area contributed by atoms with Crippen molar-refractivity contribution in [1.29, 1.82) is 0 Å². The maximum absolute atomic E-state index is 5.91. The summed E-state index contributed by atoms with van der Waals surface area (Å²) < 4.78 is 7.06. The minimum absolute atomic E-state index is 0.0199. The number of aryl methyl sites for hydroxylation is 1. The minimum atomic E-state index is -0.0199. The number of pyridine rings is 1. The summed E-state index contributed by atoms with van der Waals surface area (Å²) >= 11 is 0. The molecule has 2 heterocycles. The van der Waals surface area contributed by atoms with Crippen LogP contribution in [0.25, 0.3) is 11.0 Å². The van der Waals surface area contributed by atoms with Crippen LogP contribution in [0.2, 0.25) is 0 Å². The Balaban J connectivity index is 2.27. The summed E-state index contributed by atoms with van der Waals surface area (Å²) in [5.41, 5.74) is 7.90. The first-order chi connectivity index (χ1) is 7.72. The number of nitrogens with two attached hydrogens (primary N) is 1. The lowest BCUT2D eigenvalue weighted by atomic mass is 10.2. The Morgan fingerprint density at radius 2 is 2.38 bits per heavy atom. The zero-order valence-electron chi connectivity index (χ0n) is 9.55. The normalized spacial score (nSPS) is 13.2. The summed E-state index contributed by atoms with van der Waals surface area (Å²) in [7, 11) is 3.64. The van der Waals surface area contributed by atoms with E-state index < -0.39 is 0 Å². The monoisotopic (exact) mass is 220 g/mol. The third kappa shape index (κ3) is 2.05. The van der Waals surface area contributed by atoms with Crippen LogP contribution in [0.4, 0.5) is 0 Å². The van der Waals surface area contributed by atoms with Crippen LogP contribution in [0.1, 0.15) is 5.82 Å². The second kappa shape index (κ2) is 4.59. The Hall–Kier alpha value is -1.46. The number of rotatable bonds is 4. The van der Waals surface area contributed by atoms with Gasteiger partial charge in [-0.15, -0.1) is 0 Å². The Bertz CT molecular complexity index is 480. The van der Waals surface area contributed by atoms with Crippen molar-refractivity contribution in [3.05, 3.63) is 24.3 Å². The highest BCUT2D eigenvalue weighted by molar-refractivity contribution is 5.74. The first kappa shape index (κ1) is 11.0. The van der Waals surface area contributed by atoms with Gasteiger partial charge in [-0.2, -0.15) is 0 Å². The predicted octanol–water partition coefficient (Wildman–Crippen LogP) is 0.484. The van der Waals surface area contributed by atoms with Crippen LogP contribution in [0.3, 0.4) is 0 Å². The quantitative estimate of drug-likeness (QED) is 0.814. The molecule has 0 bridgehead atoms. The summed E-state index contributed by atoms with van der Waals surface area (Å²) in [4.78, 5) is 8.55. The van der Waals surface area contributed by atoms with Gasteiger partial charge in [0.15, 0.2) is 0 Å². The summed E-state index contributed by atoms with van der Waals surface area (Å²) in [6.07, 6.45) is 4.24. The van der Waals surface area contributed by atoms with Gasteiger partial charge in [0.2, 0.25) is 0 Å². The number of aromatic nitrogens is 3. The highest BCUT2D eigenvalue weighted by Gasteiger charge is 2.11. The minimum Gasteiger partial charge on any atom is -0.383 e. The Labute approximate surface area is 94.2 Å². The van der Waals surface area contributed by atoms with E-state index in [0.29, 0.717) is 13.0 Å². The third-order valence-electron chi connectivity index (χ3n) is 2.60. The van der Waals surface area contributed by atoms with E-state index in [-0.39, 0.29) is 6.04 Å². The first-order valence-electron chi connectivity index (χ1n) is 5.22. The van der Waals surface area contributed by atoms with Crippen LogP contribution in [0, 0.1) is 0 Å². The average Bonchev–Trinajstić information content (AvgIpc) is 2.57. The molecule has 0 fully saturated rings. The molecule has 0 aliphatic heterocycles. The molecule has 1 atom stereocenters. The highest BCUT2D eigenvalue weighted by atomic mass is 16.5. The fourth-order valence-corrected chi connectivity index (χ4v) is 1.79. The molecule has 5 heteroatoms. The predicted molar refractivity (Wildman–Crippen MR) is 62.1 cm³/mol. The van der Waals surface area contributed by atoms with Crippen LogP contribution < -0.4 is 5.73 Å². The molecule has 5 nitrogen and oxygen atoms in total. The average molecular weight is 220 g/mol. The molecule has 2 aromatic heterocycles. The second-order valence-corrected chi connectivity index (χ2v) is 3.87. The Kier molecular flexibility index (Phi) is 3.17. The van der Waals surface area contributed by atoms with Gasteiger partial charge in [0.25, 0.3) is 0 Å². The highest BCUT2D eigenvalue weighted by Crippen LogP contribution is 2.13. The van der Waals surface area contributed by atoms with E-state index in [1.165, 1.54) is 0 Å². The van der Waals surface area contributed by atoms with Gasteiger partial charge in [-0.3, -0.25) is 4.98 Å². The molecular formula is C11H16N4O. The molecular weight excluding hydrogens is 204 g/mol. The molecule has 1 unspecified atom stereocenters. The van der Waals surface area contributed by atoms with E-state index in [1.807, 2.05) is 17.7 Å². The van der Waals surface area contributed by atoms with Gasteiger partial charge >= 0.3 is 0 Å². The molecule has 2 N–H and O–H groups in total. The first-order valence-corrected chi connectivity index (χ1v) is 5.22. The number of hydrogen-bond donors (Lipinski definition) is 1. The molecule has 0 spiro atoms. The fraction of sp³-hybridized carbons (Fsp3) is 0.455. The third-order valence-corrected chi connectivity index (χ3v) is 2.60. The molecule has 16 heavy (non-hydrogen) atoms. The van der Waals surface area contributed by atoms with Gasteiger partial charge in [0.05, 0.1) is 18.3 Å². The topological polar surface area (TPSA) is 66.0 Å². The van der Waals surface area contributed by atoms with Crippen molar-refractivity contribution in [2.75, 3.05) is 13.7 Å². The van der Waals surface area contributed by atoms with Crippen LogP contribution in [-0.4, -0.2) is 34.3 Å². The lowest BCUT2D eigenvalue weighted by Gasteiger charge is -2.09. The number of hydrogen-bond acceptors (Lipinski definition) is 4. The molecule has 0 radical (unpaired) electrons. The Morgan fingerprint density at radius 3 is 3.06 bits per heavy atom. The van der Waals surface area contributed by atoms with E-state index >= 15 is 0 Å². The summed E-state index contributed by atoms with van der Waals surface area (Å²) in [6, 6.07) is 1.93. The second-order valence-electron chi connectivity index (χ2n) is 3.87. The summed E-state index contributed by atoms with van der Waals surface area (Å²) in [6.45, 7) is 0.543. The van der Waals surface area contributed by atoms with Gasteiger partial charge in [-0.25, -0.2) is 4.98 Å². The van der Waals surface area contributed by atoms with Crippen LogP contribution in [0.15, 0.2) is 18.5 Å². The molecule has 2 rings (SSSR count). The number of fused-ring (bicyclic) bond motifs is 1. The smallest absolute Gasteiger partial charge is 0.111 e. The van der Waals surface area contributed by atoms with E-state index in [4.69, 9.17) is 10.5 Å². The largest absolute Gasteiger partial charge is 0.383 e. The van der Waals surface area contributed by atoms with Crippen LogP contribution >= 0.6 is 0 Å². The number of imidazole rings is 1. The zero-order valence-corrected chi connectivity index (χ0v) is 9.55. The van der Waals surface area contributed by atoms with E-state index in [0.717, 1.165) is 16.9 Å². The van der Waals surface area contributed by atoms with Gasteiger partial charge in [0, 0.05) is 32.8 Å². The molecule has 0 aromatic carbocycles. The molecule has 2 aromatic rings. The SMILES string of the molecule is COCC(N)Cc1nc2cnccc2n1C. The number of nitrogens with zero attached hydrogens (tertiary/aromatic N) is 3. The van der Waals surface area contributed by atoms with E-state index in [1.54, 1.807) is 19.5 Å². The lowest BCUT2D eigenvalue weighted by molar-refractivity contribution is 0.179. The summed E-state index contributed by atoms with van der Waals surface area (Å²) in [5, 5.41) is 0. The number of ether oxygens (including phenoxy) is 1. The lowest BCUT2D eigenvalue weighted by Crippen LogP contribution is -2.29. The van der Waals surface area contributed by atoms with Crippen LogP contribution in [0.5, 0.6) is 0 Å². The van der Waals surface area contributed by atoms with Gasteiger partial charge in [-0.1, -0.05) is 0 Å². The standard InChI is InChI=1S/C11H16N4O/c1-15-10-3-4-13-6-9(10)14-11(15)5-8(12)7-16-2/h3-4,6,8H,5,7,12H2,1-2H3. The summed E-state index contributed by atoms with van der Waals surface area (Å²) in [5.74, 6) is 0.965. The maximum Gasteiger partial charge on any atom is 0.111 e. The van der Waals surface area contributed by atoms with Gasteiger partial charge in [-0.05, 0) is 6.07 Å². The number of methoxy groups -OCH3 is 1. The molecule has 0 amide bonds. The fourth-order valence-electron chi connectivity index (χ4n) is 1.79. The molecule has 0 aliphatic carbocycles. The molecule has 0 aliphatic rings. The molecule has 0 saturated heterocycles. The molecule has 86 valence electrons. The Morgan fingerprint density at radius 1 is 1.56 bits per heavy atom. The van der Waals surface area contributed by atoms with Crippen molar-refractivity contribution in [3.63, 3.8) is 0 Å². The van der Waals surface area contributed by atoms with E-state index in [2.05, 4.69) is 9.97 Å². The van der Waals surface area contributed by atoms with E-state index in [9.17, 15) is 0 Å². The van der Waals surface area contributed by atoms with Crippen molar-refractivity contribution < 1.29 is 4.74 Å². The zero-order chi connectivity index (χ0) is 11.5.